The lowest BCUT2D eigenvalue weighted by atomic mass is 9.84. The molecule has 0 aliphatic heterocycles. The first-order valence-corrected chi connectivity index (χ1v) is 7.72. The minimum atomic E-state index is 0.774. The van der Waals surface area contributed by atoms with Crippen molar-refractivity contribution in [1.82, 2.24) is 5.32 Å². The first-order valence-electron chi connectivity index (χ1n) is 6.73. The molecule has 0 bridgehead atoms. The number of thioether (sulfide) groups is 1. The quantitative estimate of drug-likeness (QED) is 0.793. The average Bonchev–Trinajstić information content (AvgIpc) is 2.40. The van der Waals surface area contributed by atoms with Crippen molar-refractivity contribution in [3.8, 4) is 0 Å². The lowest BCUT2D eigenvalue weighted by Gasteiger charge is -2.28. The van der Waals surface area contributed by atoms with Gasteiger partial charge in [-0.3, -0.25) is 0 Å². The summed E-state index contributed by atoms with van der Waals surface area (Å²) in [6.45, 7) is 0. The normalized spacial score (nSPS) is 24.8. The summed E-state index contributed by atoms with van der Waals surface area (Å²) < 4.78 is 0. The predicted octanol–water partition coefficient (Wildman–Crippen LogP) is 3.95. The van der Waals surface area contributed by atoms with Crippen LogP contribution in [-0.4, -0.2) is 18.8 Å². The molecule has 1 N–H and O–H groups in total. The molecule has 0 spiro atoms. The zero-order chi connectivity index (χ0) is 11.9. The maximum absolute atomic E-state index is 3.44. The van der Waals surface area contributed by atoms with Crippen LogP contribution in [0.2, 0.25) is 0 Å². The summed E-state index contributed by atoms with van der Waals surface area (Å²) >= 11 is 2.00. The van der Waals surface area contributed by atoms with E-state index in [1.54, 1.807) is 0 Å². The van der Waals surface area contributed by atoms with Crippen LogP contribution in [0, 0.1) is 5.92 Å². The van der Waals surface area contributed by atoms with Crippen molar-refractivity contribution in [2.24, 2.45) is 5.92 Å². The fourth-order valence-electron chi connectivity index (χ4n) is 2.68. The first-order chi connectivity index (χ1) is 8.38. The molecule has 1 aromatic carbocycles. The van der Waals surface area contributed by atoms with Crippen LogP contribution in [0.3, 0.4) is 0 Å². The van der Waals surface area contributed by atoms with Gasteiger partial charge in [-0.05, 0) is 50.1 Å². The van der Waals surface area contributed by atoms with Gasteiger partial charge < -0.3 is 5.32 Å². The minimum absolute atomic E-state index is 0.774. The third-order valence-corrected chi connectivity index (χ3v) is 4.77. The van der Waals surface area contributed by atoms with Crippen molar-refractivity contribution in [2.75, 3.05) is 12.8 Å². The molecule has 1 aromatic rings. The van der Waals surface area contributed by atoms with Gasteiger partial charge >= 0.3 is 0 Å². The van der Waals surface area contributed by atoms with E-state index in [4.69, 9.17) is 0 Å². The standard InChI is InChI=1S/C15H23NS/c1-16-14-7-5-6-13(12-14)10-11-17-15-8-3-2-4-9-15/h2-4,8-9,13-14,16H,5-7,10-12H2,1H3. The summed E-state index contributed by atoms with van der Waals surface area (Å²) in [5.41, 5.74) is 0. The highest BCUT2D eigenvalue weighted by molar-refractivity contribution is 7.99. The maximum Gasteiger partial charge on any atom is 0.00719 e. The second kappa shape index (κ2) is 7.07. The molecule has 1 saturated carbocycles. The lowest BCUT2D eigenvalue weighted by molar-refractivity contribution is 0.291. The Bertz CT molecular complexity index is 312. The second-order valence-electron chi connectivity index (χ2n) is 4.97. The van der Waals surface area contributed by atoms with Gasteiger partial charge in [0.1, 0.15) is 0 Å². The van der Waals surface area contributed by atoms with Crippen LogP contribution in [0.4, 0.5) is 0 Å². The monoisotopic (exact) mass is 249 g/mol. The van der Waals surface area contributed by atoms with E-state index < -0.39 is 0 Å². The molecule has 0 heterocycles. The zero-order valence-electron chi connectivity index (χ0n) is 10.7. The number of hydrogen-bond acceptors (Lipinski definition) is 2. The molecule has 94 valence electrons. The largest absolute Gasteiger partial charge is 0.317 e. The summed E-state index contributed by atoms with van der Waals surface area (Å²) in [6.07, 6.45) is 6.97. The molecule has 1 aliphatic rings. The summed E-state index contributed by atoms with van der Waals surface area (Å²) in [7, 11) is 2.10. The van der Waals surface area contributed by atoms with Gasteiger partial charge in [0, 0.05) is 10.9 Å². The van der Waals surface area contributed by atoms with Gasteiger partial charge in [0.25, 0.3) is 0 Å². The topological polar surface area (TPSA) is 12.0 Å². The Hall–Kier alpha value is -0.470. The molecule has 0 amide bonds. The molecule has 0 radical (unpaired) electrons. The molecule has 2 rings (SSSR count). The Labute approximate surface area is 109 Å². The maximum atomic E-state index is 3.44. The minimum Gasteiger partial charge on any atom is -0.317 e. The van der Waals surface area contributed by atoms with Crippen LogP contribution in [0.5, 0.6) is 0 Å². The van der Waals surface area contributed by atoms with E-state index in [0.29, 0.717) is 0 Å². The summed E-state index contributed by atoms with van der Waals surface area (Å²) in [6, 6.07) is 11.5. The molecule has 0 aromatic heterocycles. The van der Waals surface area contributed by atoms with Crippen molar-refractivity contribution in [1.29, 1.82) is 0 Å². The molecule has 1 nitrogen and oxygen atoms in total. The molecule has 2 unspecified atom stereocenters. The second-order valence-corrected chi connectivity index (χ2v) is 6.14. The Balaban J connectivity index is 1.68. The predicted molar refractivity (Wildman–Crippen MR) is 76.6 cm³/mol. The molecule has 1 aliphatic carbocycles. The van der Waals surface area contributed by atoms with Gasteiger partial charge in [0.05, 0.1) is 0 Å². The molecule has 2 atom stereocenters. The van der Waals surface area contributed by atoms with Gasteiger partial charge in [0.15, 0.2) is 0 Å². The highest BCUT2D eigenvalue weighted by Crippen LogP contribution is 2.29. The number of benzene rings is 1. The van der Waals surface area contributed by atoms with Gasteiger partial charge in [-0.2, -0.15) is 0 Å². The van der Waals surface area contributed by atoms with Crippen LogP contribution in [-0.2, 0) is 0 Å². The van der Waals surface area contributed by atoms with E-state index in [9.17, 15) is 0 Å². The molecule has 1 fully saturated rings. The summed E-state index contributed by atoms with van der Waals surface area (Å²) in [5.74, 6) is 2.21. The molecule has 0 saturated heterocycles. The van der Waals surface area contributed by atoms with Crippen molar-refractivity contribution >= 4 is 11.8 Å². The van der Waals surface area contributed by atoms with Gasteiger partial charge in [-0.25, -0.2) is 0 Å². The summed E-state index contributed by atoms with van der Waals surface area (Å²) in [5, 5.41) is 3.44. The summed E-state index contributed by atoms with van der Waals surface area (Å²) in [4.78, 5) is 1.41. The molecular formula is C15H23NS. The Morgan fingerprint density at radius 2 is 2.06 bits per heavy atom. The van der Waals surface area contributed by atoms with Crippen LogP contribution in [0.25, 0.3) is 0 Å². The molecule has 17 heavy (non-hydrogen) atoms. The lowest BCUT2D eigenvalue weighted by Crippen LogP contribution is -2.31. The van der Waals surface area contributed by atoms with Crippen LogP contribution in [0.1, 0.15) is 32.1 Å². The highest BCUT2D eigenvalue weighted by Gasteiger charge is 2.20. The van der Waals surface area contributed by atoms with Crippen molar-refractivity contribution in [3.63, 3.8) is 0 Å². The van der Waals surface area contributed by atoms with Crippen molar-refractivity contribution in [2.45, 2.75) is 43.0 Å². The molecule has 2 heteroatoms. The number of hydrogen-bond donors (Lipinski definition) is 1. The Morgan fingerprint density at radius 1 is 1.24 bits per heavy atom. The van der Waals surface area contributed by atoms with E-state index in [2.05, 4.69) is 42.7 Å². The Morgan fingerprint density at radius 3 is 2.82 bits per heavy atom. The van der Waals surface area contributed by atoms with E-state index >= 15 is 0 Å². The van der Waals surface area contributed by atoms with Gasteiger partial charge in [-0.1, -0.05) is 31.0 Å². The number of rotatable bonds is 5. The first kappa shape index (κ1) is 13.0. The molecular weight excluding hydrogens is 226 g/mol. The van der Waals surface area contributed by atoms with Crippen LogP contribution < -0.4 is 5.32 Å². The van der Waals surface area contributed by atoms with Gasteiger partial charge in [-0.15, -0.1) is 11.8 Å². The zero-order valence-corrected chi connectivity index (χ0v) is 11.5. The fourth-order valence-corrected chi connectivity index (χ4v) is 3.71. The van der Waals surface area contributed by atoms with Crippen LogP contribution in [0.15, 0.2) is 35.2 Å². The fraction of sp³-hybridized carbons (Fsp3) is 0.600. The van der Waals surface area contributed by atoms with E-state index in [1.807, 2.05) is 11.8 Å². The van der Waals surface area contributed by atoms with Crippen molar-refractivity contribution in [3.05, 3.63) is 30.3 Å². The van der Waals surface area contributed by atoms with Crippen molar-refractivity contribution < 1.29 is 0 Å². The number of nitrogens with one attached hydrogen (secondary N) is 1. The smallest absolute Gasteiger partial charge is 0.00719 e. The highest BCUT2D eigenvalue weighted by atomic mass is 32.2. The van der Waals surface area contributed by atoms with E-state index in [-0.39, 0.29) is 0 Å². The average molecular weight is 249 g/mol. The SMILES string of the molecule is CNC1CCCC(CCSc2ccccc2)C1. The third kappa shape index (κ3) is 4.36. The van der Waals surface area contributed by atoms with Gasteiger partial charge in [0.2, 0.25) is 0 Å². The third-order valence-electron chi connectivity index (χ3n) is 3.73. The Kier molecular flexibility index (Phi) is 5.40. The van der Waals surface area contributed by atoms with Crippen LogP contribution >= 0.6 is 11.8 Å². The van der Waals surface area contributed by atoms with E-state index in [0.717, 1.165) is 12.0 Å². The van der Waals surface area contributed by atoms with E-state index in [1.165, 1.54) is 42.8 Å².